The fourth-order valence-electron chi connectivity index (χ4n) is 3.74. The van der Waals surface area contributed by atoms with Gasteiger partial charge in [0.15, 0.2) is 0 Å². The van der Waals surface area contributed by atoms with Gasteiger partial charge in [-0.15, -0.1) is 0 Å². The summed E-state index contributed by atoms with van der Waals surface area (Å²) in [6, 6.07) is 0. The molecule has 0 heterocycles. The Hall–Kier alpha value is -3.41. The van der Waals surface area contributed by atoms with Crippen molar-refractivity contribution >= 4 is 56.8 Å². The lowest BCUT2D eigenvalue weighted by Crippen LogP contribution is -2.48. The molecule has 2 atom stereocenters. The minimum Gasteiger partial charge on any atom is -0.426 e. The van der Waals surface area contributed by atoms with Crippen molar-refractivity contribution in [3.8, 4) is 0 Å². The lowest BCUT2D eigenvalue weighted by Gasteiger charge is -2.31. The van der Waals surface area contributed by atoms with E-state index in [9.17, 15) is 62.3 Å². The van der Waals surface area contributed by atoms with Gasteiger partial charge < -0.3 is 54.1 Å². The summed E-state index contributed by atoms with van der Waals surface area (Å²) in [6.45, 7) is 3.72. The highest BCUT2D eigenvalue weighted by Gasteiger charge is 2.49. The summed E-state index contributed by atoms with van der Waals surface area (Å²) in [4.78, 5) is 121. The Morgan fingerprint density at radius 2 is 1.00 bits per heavy atom. The number of nitrogens with one attached hydrogen (secondary N) is 2. The molecule has 0 aliphatic heterocycles. The Kier molecular flexibility index (Phi) is 18.5. The van der Waals surface area contributed by atoms with Crippen LogP contribution >= 0.6 is 15.2 Å². The maximum absolute atomic E-state index is 13.1. The first kappa shape index (κ1) is 42.6. The van der Waals surface area contributed by atoms with E-state index in [1.54, 1.807) is 0 Å². The van der Waals surface area contributed by atoms with E-state index < -0.39 is 93.9 Å². The SMILES string of the molecule is CC(=O)OC(C)OC(=O)CCCC(=O)NCC(CNC(=O)CCCC(=O)OC(C)OC(C)=O)C(=O)N(C)C(P(=O)(O)O)P(=O)(O)O. The second-order valence-corrected chi connectivity index (χ2v) is 13.6. The smallest absolute Gasteiger partial charge is 0.360 e. The van der Waals surface area contributed by atoms with Crippen LogP contribution < -0.4 is 10.6 Å². The van der Waals surface area contributed by atoms with Crippen LogP contribution in [-0.4, -0.2) is 104 Å². The molecule has 0 radical (unpaired) electrons. The zero-order valence-electron chi connectivity index (χ0n) is 25.9. The molecule has 0 spiro atoms. The zero-order chi connectivity index (χ0) is 35.8. The number of ether oxygens (including phenoxy) is 4. The molecule has 0 aromatic rings. The molecular weight excluding hydrogens is 664 g/mol. The predicted octanol–water partition coefficient (Wildman–Crippen LogP) is -0.822. The molecule has 0 fully saturated rings. The number of carbonyl (C=O) groups excluding carboxylic acids is 7. The lowest BCUT2D eigenvalue weighted by molar-refractivity contribution is -0.184. The number of esters is 4. The van der Waals surface area contributed by atoms with Crippen molar-refractivity contribution < 1.29 is 81.2 Å². The average molecular weight is 706 g/mol. The van der Waals surface area contributed by atoms with Crippen LogP contribution in [0.15, 0.2) is 0 Å². The maximum atomic E-state index is 13.1. The fourth-order valence-corrected chi connectivity index (χ4v) is 6.43. The molecular formula is C24H41N3O17P2. The fraction of sp³-hybridized carbons (Fsp3) is 0.708. The van der Waals surface area contributed by atoms with Crippen LogP contribution in [0.2, 0.25) is 0 Å². The zero-order valence-corrected chi connectivity index (χ0v) is 27.7. The second-order valence-electron chi connectivity index (χ2n) is 9.82. The average Bonchev–Trinajstić information content (AvgIpc) is 2.85. The van der Waals surface area contributed by atoms with E-state index in [-0.39, 0.29) is 43.4 Å². The first-order chi connectivity index (χ1) is 21.0. The summed E-state index contributed by atoms with van der Waals surface area (Å²) in [5.74, 6) is -7.02. The predicted molar refractivity (Wildman–Crippen MR) is 152 cm³/mol. The lowest BCUT2D eigenvalue weighted by atomic mass is 10.1. The monoisotopic (exact) mass is 705 g/mol. The highest BCUT2D eigenvalue weighted by molar-refractivity contribution is 7.70. The van der Waals surface area contributed by atoms with Gasteiger partial charge in [-0.2, -0.15) is 0 Å². The summed E-state index contributed by atoms with van der Waals surface area (Å²) in [5, 5.41) is 4.69. The van der Waals surface area contributed by atoms with Gasteiger partial charge in [0.05, 0.1) is 5.92 Å². The number of carbonyl (C=O) groups is 7. The van der Waals surface area contributed by atoms with E-state index >= 15 is 0 Å². The van der Waals surface area contributed by atoms with E-state index in [4.69, 9.17) is 9.47 Å². The molecule has 0 rings (SSSR count). The van der Waals surface area contributed by atoms with Gasteiger partial charge in [0.1, 0.15) is 0 Å². The molecule has 0 bridgehead atoms. The van der Waals surface area contributed by atoms with Crippen LogP contribution in [0, 0.1) is 5.92 Å². The van der Waals surface area contributed by atoms with E-state index in [2.05, 4.69) is 20.1 Å². The number of rotatable bonds is 20. The van der Waals surface area contributed by atoms with Gasteiger partial charge in [-0.05, 0) is 12.8 Å². The summed E-state index contributed by atoms with van der Waals surface area (Å²) < 4.78 is 42.6. The number of hydrogen-bond donors (Lipinski definition) is 6. The van der Waals surface area contributed by atoms with Crippen molar-refractivity contribution in [3.05, 3.63) is 0 Å². The normalized spacial score (nSPS) is 13.4. The molecule has 264 valence electrons. The summed E-state index contributed by atoms with van der Waals surface area (Å²) in [7, 11) is -10.4. The quantitative estimate of drug-likeness (QED) is 0.0512. The van der Waals surface area contributed by atoms with Crippen molar-refractivity contribution in [1.29, 1.82) is 0 Å². The molecule has 46 heavy (non-hydrogen) atoms. The molecule has 0 aromatic heterocycles. The first-order valence-electron chi connectivity index (χ1n) is 13.7. The highest BCUT2D eigenvalue weighted by Crippen LogP contribution is 2.60. The van der Waals surface area contributed by atoms with E-state index in [0.717, 1.165) is 20.9 Å². The Morgan fingerprint density at radius 1 is 0.652 bits per heavy atom. The number of nitrogens with zero attached hydrogens (tertiary/aromatic N) is 1. The van der Waals surface area contributed by atoms with Crippen molar-refractivity contribution in [2.75, 3.05) is 20.1 Å². The van der Waals surface area contributed by atoms with Gasteiger partial charge in [0.2, 0.25) is 35.8 Å². The molecule has 0 aromatic carbocycles. The van der Waals surface area contributed by atoms with Crippen LogP contribution in [0.1, 0.15) is 66.2 Å². The highest BCUT2D eigenvalue weighted by atomic mass is 31.2. The Bertz CT molecular complexity index is 1120. The number of amides is 3. The van der Waals surface area contributed by atoms with Gasteiger partial charge in [0, 0.05) is 73.5 Å². The summed E-state index contributed by atoms with van der Waals surface area (Å²) >= 11 is 0. The van der Waals surface area contributed by atoms with E-state index in [1.165, 1.54) is 13.8 Å². The molecule has 22 heteroatoms. The minimum absolute atomic E-state index is 0.0344. The van der Waals surface area contributed by atoms with Gasteiger partial charge >= 0.3 is 39.1 Å². The third-order valence-electron chi connectivity index (χ3n) is 5.56. The third-order valence-corrected chi connectivity index (χ3v) is 9.27. The summed E-state index contributed by atoms with van der Waals surface area (Å²) in [5.41, 5.74) is -2.85. The van der Waals surface area contributed by atoms with Crippen LogP contribution in [0.5, 0.6) is 0 Å². The maximum Gasteiger partial charge on any atom is 0.360 e. The van der Waals surface area contributed by atoms with Gasteiger partial charge in [-0.1, -0.05) is 0 Å². The Morgan fingerprint density at radius 3 is 1.30 bits per heavy atom. The first-order valence-corrected chi connectivity index (χ1v) is 17.0. The van der Waals surface area contributed by atoms with E-state index in [0.29, 0.717) is 0 Å². The van der Waals surface area contributed by atoms with Gasteiger partial charge in [-0.25, -0.2) is 0 Å². The van der Waals surface area contributed by atoms with Crippen LogP contribution in [0.4, 0.5) is 0 Å². The Labute approximate surface area is 264 Å². The molecule has 3 amide bonds. The van der Waals surface area contributed by atoms with Crippen molar-refractivity contribution in [2.24, 2.45) is 5.92 Å². The molecule has 0 saturated heterocycles. The van der Waals surface area contributed by atoms with Gasteiger partial charge in [-0.3, -0.25) is 42.7 Å². The Balaban J connectivity index is 5.32. The van der Waals surface area contributed by atoms with Crippen molar-refractivity contribution in [3.63, 3.8) is 0 Å². The van der Waals surface area contributed by atoms with Crippen molar-refractivity contribution in [1.82, 2.24) is 15.5 Å². The standard InChI is InChI=1S/C24H41N3O17P2/c1-14(28)41-16(3)43-21(32)10-6-8-19(30)25-12-18(23(34)27(5)24(45(35,36)37)46(38,39)40)13-26-20(31)9-7-11-22(33)44-17(4)42-15(2)29/h16-18,24H,6-13H2,1-5H3,(H,25,30)(H,26,31)(H2,35,36,37)(H2,38,39,40). The van der Waals surface area contributed by atoms with Crippen molar-refractivity contribution in [2.45, 2.75) is 84.3 Å². The third kappa shape index (κ3) is 18.5. The molecule has 2 unspecified atom stereocenters. The molecule has 0 saturated carbocycles. The topological polar surface area (TPSA) is 299 Å². The molecule has 0 aliphatic rings. The van der Waals surface area contributed by atoms with Gasteiger partial charge in [0.25, 0.3) is 0 Å². The molecule has 6 N–H and O–H groups in total. The minimum atomic E-state index is -5.58. The summed E-state index contributed by atoms with van der Waals surface area (Å²) in [6.07, 6.45) is -3.38. The molecule has 0 aliphatic carbocycles. The van der Waals surface area contributed by atoms with Crippen LogP contribution in [-0.2, 0) is 61.6 Å². The van der Waals surface area contributed by atoms with E-state index in [1.807, 2.05) is 0 Å². The largest absolute Gasteiger partial charge is 0.426 e. The molecule has 20 nitrogen and oxygen atoms in total. The van der Waals surface area contributed by atoms with Crippen LogP contribution in [0.3, 0.4) is 0 Å². The second kappa shape index (κ2) is 20.0. The number of hydrogen-bond acceptors (Lipinski definition) is 13. The van der Waals surface area contributed by atoms with Crippen LogP contribution in [0.25, 0.3) is 0 Å².